The molecule has 0 bridgehead atoms. The van der Waals surface area contributed by atoms with Crippen molar-refractivity contribution in [1.82, 2.24) is 10.6 Å². The molecule has 28 heavy (non-hydrogen) atoms. The lowest BCUT2D eigenvalue weighted by molar-refractivity contribution is -0.152. The number of hydrogen-bond acceptors (Lipinski definition) is 5. The first kappa shape index (κ1) is 24.0. The summed E-state index contributed by atoms with van der Waals surface area (Å²) in [6, 6.07) is -0.331. The number of unbranched alkanes of at least 4 members (excludes halogenated alkanes) is 1. The number of carbonyl (C=O) groups excluding carboxylic acids is 3. The van der Waals surface area contributed by atoms with Crippen molar-refractivity contribution in [2.75, 3.05) is 7.11 Å². The van der Waals surface area contributed by atoms with E-state index in [0.717, 1.165) is 19.3 Å². The van der Waals surface area contributed by atoms with Crippen LogP contribution in [0.15, 0.2) is 12.2 Å². The lowest BCUT2D eigenvalue weighted by Gasteiger charge is -2.33. The third-order valence-electron chi connectivity index (χ3n) is 5.01. The number of allylic oxidation sites excluding steroid dienone is 1. The highest BCUT2D eigenvalue weighted by atomic mass is 16.6. The van der Waals surface area contributed by atoms with Gasteiger partial charge in [-0.05, 0) is 33.1 Å². The molecule has 1 aliphatic carbocycles. The maximum Gasteiger partial charge on any atom is 0.407 e. The average molecular weight is 397 g/mol. The Balaban J connectivity index is 3.28. The van der Waals surface area contributed by atoms with Crippen molar-refractivity contribution < 1.29 is 23.9 Å². The molecule has 0 aromatic carbocycles. The molecular weight excluding hydrogens is 360 g/mol. The summed E-state index contributed by atoms with van der Waals surface area (Å²) < 4.78 is 10.5. The number of ether oxygens (including phenoxy) is 2. The summed E-state index contributed by atoms with van der Waals surface area (Å²) >= 11 is 0. The van der Waals surface area contributed by atoms with E-state index in [9.17, 15) is 14.4 Å². The van der Waals surface area contributed by atoms with Crippen LogP contribution in [0.25, 0.3) is 0 Å². The molecule has 0 aliphatic heterocycles. The minimum atomic E-state index is -1.22. The standard InChI is InChI=1S/C21H36N2O5/c1-8-10-11-12-16-15(9-2)17(22-19(26)28-20(4,5)6)13-21(16,18(25)27-7)23-14(3)24/h11-12,15-17H,8-10,13H2,1-7H3,(H,22,26)(H,23,24)/t15-,16?,17-,21?/m0/s1. The maximum atomic E-state index is 12.8. The Kier molecular flexibility index (Phi) is 8.51. The highest BCUT2D eigenvalue weighted by molar-refractivity contribution is 5.88. The molecule has 4 atom stereocenters. The van der Waals surface area contributed by atoms with Gasteiger partial charge in [-0.3, -0.25) is 4.79 Å². The van der Waals surface area contributed by atoms with Gasteiger partial charge in [-0.2, -0.15) is 0 Å². The monoisotopic (exact) mass is 396 g/mol. The summed E-state index contributed by atoms with van der Waals surface area (Å²) in [6.45, 7) is 10.9. The van der Waals surface area contributed by atoms with Crippen LogP contribution >= 0.6 is 0 Å². The molecule has 0 saturated heterocycles. The van der Waals surface area contributed by atoms with E-state index in [-0.39, 0.29) is 30.2 Å². The van der Waals surface area contributed by atoms with Gasteiger partial charge in [-0.25, -0.2) is 9.59 Å². The molecule has 7 heteroatoms. The zero-order chi connectivity index (χ0) is 21.5. The van der Waals surface area contributed by atoms with Crippen LogP contribution in [0.4, 0.5) is 4.79 Å². The summed E-state index contributed by atoms with van der Waals surface area (Å²) in [5.41, 5.74) is -1.84. The predicted molar refractivity (Wildman–Crippen MR) is 108 cm³/mol. The van der Waals surface area contributed by atoms with Gasteiger partial charge in [0.15, 0.2) is 0 Å². The van der Waals surface area contributed by atoms with Gasteiger partial charge in [0.1, 0.15) is 11.1 Å². The summed E-state index contributed by atoms with van der Waals surface area (Å²) in [6.07, 6.45) is 6.30. The number of alkyl carbamates (subject to hydrolysis) is 1. The second-order valence-electron chi connectivity index (χ2n) is 8.42. The van der Waals surface area contributed by atoms with Crippen LogP contribution in [-0.4, -0.2) is 42.3 Å². The van der Waals surface area contributed by atoms with E-state index in [2.05, 4.69) is 17.6 Å². The third-order valence-corrected chi connectivity index (χ3v) is 5.01. The smallest absolute Gasteiger partial charge is 0.407 e. The van der Waals surface area contributed by atoms with Crippen LogP contribution in [0.1, 0.15) is 67.2 Å². The molecular formula is C21H36N2O5. The molecule has 2 unspecified atom stereocenters. The minimum absolute atomic E-state index is 0.0495. The second kappa shape index (κ2) is 9.94. The van der Waals surface area contributed by atoms with Crippen molar-refractivity contribution in [3.63, 3.8) is 0 Å². The fourth-order valence-corrected chi connectivity index (χ4v) is 4.02. The van der Waals surface area contributed by atoms with Crippen molar-refractivity contribution in [3.8, 4) is 0 Å². The highest BCUT2D eigenvalue weighted by Gasteiger charge is 2.58. The lowest BCUT2D eigenvalue weighted by Crippen LogP contribution is -2.57. The van der Waals surface area contributed by atoms with E-state index in [4.69, 9.17) is 9.47 Å². The number of carbonyl (C=O) groups is 3. The van der Waals surface area contributed by atoms with Gasteiger partial charge < -0.3 is 20.1 Å². The summed E-state index contributed by atoms with van der Waals surface area (Å²) in [7, 11) is 1.31. The number of esters is 1. The SMILES string of the molecule is CCCC=CC1[C@H](CC)[C@@H](NC(=O)OC(C)(C)C)CC1(NC(C)=O)C(=O)OC. The van der Waals surface area contributed by atoms with E-state index in [1.165, 1.54) is 14.0 Å². The van der Waals surface area contributed by atoms with Crippen molar-refractivity contribution >= 4 is 18.0 Å². The Morgan fingerprint density at radius 3 is 2.32 bits per heavy atom. The molecule has 2 amide bonds. The zero-order valence-corrected chi connectivity index (χ0v) is 18.3. The van der Waals surface area contributed by atoms with Crippen molar-refractivity contribution in [3.05, 3.63) is 12.2 Å². The first-order chi connectivity index (χ1) is 13.0. The third kappa shape index (κ3) is 5.97. The van der Waals surface area contributed by atoms with Crippen LogP contribution in [0.3, 0.4) is 0 Å². The number of methoxy groups -OCH3 is 1. The van der Waals surface area contributed by atoms with Gasteiger partial charge >= 0.3 is 12.1 Å². The van der Waals surface area contributed by atoms with Crippen LogP contribution in [0.5, 0.6) is 0 Å². The molecule has 1 saturated carbocycles. The Labute approximate surface area is 168 Å². The molecule has 1 aliphatic rings. The van der Waals surface area contributed by atoms with Crippen LogP contribution in [-0.2, 0) is 19.1 Å². The molecule has 0 heterocycles. The number of amides is 2. The molecule has 2 N–H and O–H groups in total. The molecule has 0 radical (unpaired) electrons. The molecule has 1 rings (SSSR count). The molecule has 0 aromatic heterocycles. The molecule has 0 spiro atoms. The van der Waals surface area contributed by atoms with Gasteiger partial charge in [0.25, 0.3) is 0 Å². The van der Waals surface area contributed by atoms with Gasteiger partial charge in [-0.1, -0.05) is 38.8 Å². The Bertz CT molecular complexity index is 596. The first-order valence-electron chi connectivity index (χ1n) is 10.0. The highest BCUT2D eigenvalue weighted by Crippen LogP contribution is 2.44. The minimum Gasteiger partial charge on any atom is -0.467 e. The molecule has 0 aromatic rings. The quantitative estimate of drug-likeness (QED) is 0.508. The largest absolute Gasteiger partial charge is 0.467 e. The van der Waals surface area contributed by atoms with Crippen molar-refractivity contribution in [2.24, 2.45) is 11.8 Å². The van der Waals surface area contributed by atoms with E-state index >= 15 is 0 Å². The van der Waals surface area contributed by atoms with Crippen LogP contribution < -0.4 is 10.6 Å². The van der Waals surface area contributed by atoms with Gasteiger partial charge in [0, 0.05) is 25.3 Å². The molecule has 160 valence electrons. The number of rotatable bonds is 7. The summed E-state index contributed by atoms with van der Waals surface area (Å²) in [5.74, 6) is -1.15. The lowest BCUT2D eigenvalue weighted by atomic mass is 9.81. The van der Waals surface area contributed by atoms with E-state index in [1.54, 1.807) is 20.8 Å². The van der Waals surface area contributed by atoms with E-state index < -0.39 is 23.2 Å². The molecule has 1 fully saturated rings. The maximum absolute atomic E-state index is 12.8. The van der Waals surface area contributed by atoms with Crippen molar-refractivity contribution in [1.29, 1.82) is 0 Å². The predicted octanol–water partition coefficient (Wildman–Crippen LogP) is 3.33. The van der Waals surface area contributed by atoms with Gasteiger partial charge in [0.05, 0.1) is 7.11 Å². The Morgan fingerprint density at radius 1 is 1.21 bits per heavy atom. The van der Waals surface area contributed by atoms with Gasteiger partial charge in [-0.15, -0.1) is 0 Å². The Hall–Kier alpha value is -2.05. The number of hydrogen-bond donors (Lipinski definition) is 2. The van der Waals surface area contributed by atoms with Crippen LogP contribution in [0.2, 0.25) is 0 Å². The summed E-state index contributed by atoms with van der Waals surface area (Å²) in [5, 5.41) is 5.75. The topological polar surface area (TPSA) is 93.7 Å². The van der Waals surface area contributed by atoms with E-state index in [0.29, 0.717) is 0 Å². The normalized spacial score (nSPS) is 27.5. The van der Waals surface area contributed by atoms with Gasteiger partial charge in [0.2, 0.25) is 5.91 Å². The zero-order valence-electron chi connectivity index (χ0n) is 18.3. The fourth-order valence-electron chi connectivity index (χ4n) is 4.02. The summed E-state index contributed by atoms with van der Waals surface area (Å²) in [4.78, 5) is 37.1. The molecule has 7 nitrogen and oxygen atoms in total. The second-order valence-corrected chi connectivity index (χ2v) is 8.42. The first-order valence-corrected chi connectivity index (χ1v) is 10.0. The average Bonchev–Trinajstić information content (AvgIpc) is 2.85. The Morgan fingerprint density at radius 2 is 1.86 bits per heavy atom. The van der Waals surface area contributed by atoms with Crippen molar-refractivity contribution in [2.45, 2.75) is 84.4 Å². The number of nitrogens with one attached hydrogen (secondary N) is 2. The van der Waals surface area contributed by atoms with Crippen LogP contribution in [0, 0.1) is 11.8 Å². The van der Waals surface area contributed by atoms with E-state index in [1.807, 2.05) is 19.1 Å². The fraction of sp³-hybridized carbons (Fsp3) is 0.762.